The van der Waals surface area contributed by atoms with Crippen LogP contribution >= 0.6 is 22.7 Å². The van der Waals surface area contributed by atoms with Crippen LogP contribution in [0.3, 0.4) is 0 Å². The van der Waals surface area contributed by atoms with Gasteiger partial charge in [-0.05, 0) is 87.3 Å². The molecular formula is C61H39N3S2. The molecule has 14 rings (SSSR count). The summed E-state index contributed by atoms with van der Waals surface area (Å²) in [6.07, 6.45) is 0. The van der Waals surface area contributed by atoms with Crippen LogP contribution in [-0.4, -0.2) is 16.1 Å². The predicted molar refractivity (Wildman–Crippen MR) is 285 cm³/mol. The Labute approximate surface area is 388 Å². The number of hydrogen-bond acceptors (Lipinski definition) is 4. The van der Waals surface area contributed by atoms with Gasteiger partial charge in [-0.15, -0.1) is 22.7 Å². The molecule has 0 fully saturated rings. The zero-order chi connectivity index (χ0) is 43.5. The van der Waals surface area contributed by atoms with E-state index in [0.29, 0.717) is 0 Å². The first-order chi connectivity index (χ1) is 32.6. The zero-order valence-electron chi connectivity index (χ0n) is 35.9. The van der Waals surface area contributed by atoms with Crippen molar-refractivity contribution in [2.45, 2.75) is 13.0 Å². The number of nitrogens with zero attached hydrogens (tertiary/aromatic N) is 3. The Morgan fingerprint density at radius 3 is 1.92 bits per heavy atom. The molecule has 1 aliphatic heterocycles. The normalized spacial score (nSPS) is 15.5. The van der Waals surface area contributed by atoms with Gasteiger partial charge < -0.3 is 4.57 Å². The van der Waals surface area contributed by atoms with Gasteiger partial charge in [-0.2, -0.15) is 0 Å². The quantitative estimate of drug-likeness (QED) is 0.165. The summed E-state index contributed by atoms with van der Waals surface area (Å²) in [5, 5.41) is 12.5. The Kier molecular flexibility index (Phi) is 8.36. The fourth-order valence-electron chi connectivity index (χ4n) is 10.8. The van der Waals surface area contributed by atoms with Crippen LogP contribution in [0.15, 0.2) is 216 Å². The van der Waals surface area contributed by atoms with E-state index in [1.54, 1.807) is 0 Å². The Bertz CT molecular complexity index is 4200. The topological polar surface area (TPSA) is 29.6 Å². The SMILES string of the molecule is C[C@@H]1C(c2cccc3sc4ccccc4c23)=NC(c2cccc(-c3ccccc3)c2)=NC1c1cc2c(cc1-n1c3cc4ccccc4cc3c3c4ccccc4ccc31)sc1ccccc12. The number of aliphatic imine (C=N–C) groups is 2. The molecule has 310 valence electrons. The molecule has 13 aromatic rings. The van der Waals surface area contributed by atoms with E-state index in [1.165, 1.54) is 100 Å². The molecule has 0 spiro atoms. The molecule has 1 unspecified atom stereocenters. The molecule has 1 aliphatic rings. The summed E-state index contributed by atoms with van der Waals surface area (Å²) in [7, 11) is 0. The van der Waals surface area contributed by atoms with E-state index in [-0.39, 0.29) is 12.0 Å². The van der Waals surface area contributed by atoms with E-state index in [2.05, 4.69) is 218 Å². The second kappa shape index (κ2) is 14.7. The van der Waals surface area contributed by atoms with Gasteiger partial charge >= 0.3 is 0 Å². The number of thiophene rings is 2. The first-order valence-electron chi connectivity index (χ1n) is 22.7. The van der Waals surface area contributed by atoms with Gasteiger partial charge in [-0.25, -0.2) is 4.99 Å². The zero-order valence-corrected chi connectivity index (χ0v) is 37.6. The van der Waals surface area contributed by atoms with Crippen molar-refractivity contribution in [1.29, 1.82) is 0 Å². The molecule has 0 saturated heterocycles. The molecule has 5 heteroatoms. The van der Waals surface area contributed by atoms with Gasteiger partial charge in [-0.3, -0.25) is 4.99 Å². The number of aromatic nitrogens is 1. The van der Waals surface area contributed by atoms with Gasteiger partial charge in [0.1, 0.15) is 0 Å². The van der Waals surface area contributed by atoms with Crippen molar-refractivity contribution in [3.63, 3.8) is 0 Å². The lowest BCUT2D eigenvalue weighted by molar-refractivity contribution is 0.591. The molecule has 3 nitrogen and oxygen atoms in total. The van der Waals surface area contributed by atoms with Crippen molar-refractivity contribution >= 4 is 118 Å². The fraction of sp³-hybridized carbons (Fsp3) is 0.0492. The third-order valence-corrected chi connectivity index (χ3v) is 16.2. The molecule has 66 heavy (non-hydrogen) atoms. The van der Waals surface area contributed by atoms with Crippen LogP contribution in [0.2, 0.25) is 0 Å². The maximum absolute atomic E-state index is 5.87. The summed E-state index contributed by atoms with van der Waals surface area (Å²) < 4.78 is 7.66. The van der Waals surface area contributed by atoms with Gasteiger partial charge in [-0.1, -0.05) is 159 Å². The third kappa shape index (κ3) is 5.73. The van der Waals surface area contributed by atoms with Crippen molar-refractivity contribution in [2.75, 3.05) is 0 Å². The van der Waals surface area contributed by atoms with Crippen LogP contribution < -0.4 is 0 Å². The Balaban J connectivity index is 1.09. The predicted octanol–water partition coefficient (Wildman–Crippen LogP) is 17.1. The Morgan fingerprint density at radius 1 is 0.424 bits per heavy atom. The molecule has 2 atom stereocenters. The molecule has 0 saturated carbocycles. The minimum absolute atomic E-state index is 0.0776. The maximum atomic E-state index is 5.87. The second-order valence-electron chi connectivity index (χ2n) is 17.6. The second-order valence-corrected chi connectivity index (χ2v) is 19.8. The van der Waals surface area contributed by atoms with Crippen LogP contribution in [0, 0.1) is 5.92 Å². The van der Waals surface area contributed by atoms with Crippen molar-refractivity contribution in [2.24, 2.45) is 15.9 Å². The smallest absolute Gasteiger partial charge is 0.155 e. The maximum Gasteiger partial charge on any atom is 0.155 e. The molecule has 3 aromatic heterocycles. The highest BCUT2D eigenvalue weighted by Gasteiger charge is 2.34. The monoisotopic (exact) mass is 877 g/mol. The summed E-state index contributed by atoms with van der Waals surface area (Å²) in [5.74, 6) is 0.675. The minimum atomic E-state index is -0.278. The first-order valence-corrected chi connectivity index (χ1v) is 24.3. The van der Waals surface area contributed by atoms with Crippen LogP contribution in [0.4, 0.5) is 0 Å². The van der Waals surface area contributed by atoms with Gasteiger partial charge in [0.25, 0.3) is 0 Å². The molecule has 0 aliphatic carbocycles. The average Bonchev–Trinajstić information content (AvgIpc) is 4.05. The summed E-state index contributed by atoms with van der Waals surface area (Å²) in [5.41, 5.74) is 10.3. The largest absolute Gasteiger partial charge is 0.309 e. The lowest BCUT2D eigenvalue weighted by atomic mass is 9.83. The van der Waals surface area contributed by atoms with Crippen LogP contribution in [0.25, 0.3) is 101 Å². The molecule has 0 N–H and O–H groups in total. The van der Waals surface area contributed by atoms with Gasteiger partial charge in [0.2, 0.25) is 0 Å². The van der Waals surface area contributed by atoms with Gasteiger partial charge in [0, 0.05) is 73.7 Å². The molecule has 0 bridgehead atoms. The number of benzene rings is 10. The van der Waals surface area contributed by atoms with Crippen molar-refractivity contribution < 1.29 is 0 Å². The van der Waals surface area contributed by atoms with Crippen LogP contribution in [-0.2, 0) is 0 Å². The molecule has 0 amide bonds. The summed E-state index contributed by atoms with van der Waals surface area (Å²) in [6.45, 7) is 2.35. The summed E-state index contributed by atoms with van der Waals surface area (Å²) >= 11 is 3.73. The minimum Gasteiger partial charge on any atom is -0.309 e. The Morgan fingerprint density at radius 2 is 1.08 bits per heavy atom. The summed E-state index contributed by atoms with van der Waals surface area (Å²) in [4.78, 5) is 11.5. The van der Waals surface area contributed by atoms with E-state index < -0.39 is 0 Å². The fourth-order valence-corrected chi connectivity index (χ4v) is 13.1. The van der Waals surface area contributed by atoms with Crippen molar-refractivity contribution in [3.8, 4) is 16.8 Å². The van der Waals surface area contributed by atoms with Gasteiger partial charge in [0.15, 0.2) is 5.84 Å². The first kappa shape index (κ1) is 37.7. The lowest BCUT2D eigenvalue weighted by Crippen LogP contribution is -2.27. The number of rotatable bonds is 5. The van der Waals surface area contributed by atoms with Gasteiger partial charge in [0.05, 0.1) is 28.5 Å². The number of fused-ring (bicyclic) bond motifs is 12. The highest BCUT2D eigenvalue weighted by Crippen LogP contribution is 2.47. The molecule has 4 heterocycles. The van der Waals surface area contributed by atoms with E-state index in [4.69, 9.17) is 9.98 Å². The van der Waals surface area contributed by atoms with E-state index >= 15 is 0 Å². The standard InChI is InChI=1S/C61H39N3S2/c1-36-59(46-25-14-28-55-58(46)45-24-10-12-27-54(45)65-55)62-61(42-21-13-20-39(31-42)37-15-3-2-4-16-37)63-60(36)49-34-47-44-23-9-11-26-53(44)66-56(47)35-52(49)64-50-30-29-38-17-7-8-22-43(38)57(50)48-32-40-18-5-6-19-41(40)33-51(48)64/h2-36,60H,1H3/t36-,60?/m1/s1. The van der Waals surface area contributed by atoms with Crippen LogP contribution in [0.5, 0.6) is 0 Å². The van der Waals surface area contributed by atoms with E-state index in [9.17, 15) is 0 Å². The number of amidine groups is 1. The average molecular weight is 878 g/mol. The van der Waals surface area contributed by atoms with E-state index in [1.807, 2.05) is 22.7 Å². The summed E-state index contributed by atoms with van der Waals surface area (Å²) in [6, 6.07) is 75.6. The highest BCUT2D eigenvalue weighted by molar-refractivity contribution is 7.26. The lowest BCUT2D eigenvalue weighted by Gasteiger charge is -2.30. The molecular weight excluding hydrogens is 839 g/mol. The van der Waals surface area contributed by atoms with Crippen LogP contribution in [0.1, 0.15) is 29.7 Å². The highest BCUT2D eigenvalue weighted by atomic mass is 32.1. The number of hydrogen-bond donors (Lipinski definition) is 0. The Hall–Kier alpha value is -7.70. The third-order valence-electron chi connectivity index (χ3n) is 13.9. The van der Waals surface area contributed by atoms with Crippen molar-refractivity contribution in [1.82, 2.24) is 4.57 Å². The molecule has 0 radical (unpaired) electrons. The van der Waals surface area contributed by atoms with Crippen molar-refractivity contribution in [3.05, 3.63) is 223 Å². The van der Waals surface area contributed by atoms with E-state index in [0.717, 1.165) is 28.4 Å². The molecule has 10 aromatic carbocycles.